The first-order valence-corrected chi connectivity index (χ1v) is 6.38. The van der Waals surface area contributed by atoms with E-state index >= 15 is 0 Å². The molecule has 0 aromatic heterocycles. The molecule has 0 saturated carbocycles. The van der Waals surface area contributed by atoms with Crippen molar-refractivity contribution in [2.75, 3.05) is 18.2 Å². The van der Waals surface area contributed by atoms with Gasteiger partial charge in [0, 0.05) is 12.2 Å². The number of anilines is 1. The maximum absolute atomic E-state index is 5.79. The molecule has 0 unspecified atom stereocenters. The van der Waals surface area contributed by atoms with Crippen LogP contribution in [0.1, 0.15) is 11.1 Å². The molecule has 1 heterocycles. The minimum absolute atomic E-state index is 0.673. The van der Waals surface area contributed by atoms with E-state index in [0.717, 1.165) is 13.0 Å². The summed E-state index contributed by atoms with van der Waals surface area (Å²) in [6.07, 6.45) is 1.13. The standard InChI is InChI=1S/C16H17NO/c1-2-6-14(7-3-1)12-18-13-17-11-10-15-8-4-5-9-16(15)17/h1-9H,10-13H2. The normalized spacial score (nSPS) is 13.7. The van der Waals surface area contributed by atoms with Gasteiger partial charge in [0.25, 0.3) is 0 Å². The van der Waals surface area contributed by atoms with Crippen LogP contribution in [0.4, 0.5) is 5.69 Å². The van der Waals surface area contributed by atoms with Crippen LogP contribution in [0.3, 0.4) is 0 Å². The number of hydrogen-bond acceptors (Lipinski definition) is 2. The van der Waals surface area contributed by atoms with E-state index in [-0.39, 0.29) is 0 Å². The summed E-state index contributed by atoms with van der Waals surface area (Å²) >= 11 is 0. The van der Waals surface area contributed by atoms with Crippen LogP contribution >= 0.6 is 0 Å². The van der Waals surface area contributed by atoms with Gasteiger partial charge in [-0.1, -0.05) is 48.5 Å². The van der Waals surface area contributed by atoms with Crippen LogP contribution in [0.5, 0.6) is 0 Å². The Morgan fingerprint density at radius 2 is 1.72 bits per heavy atom. The van der Waals surface area contributed by atoms with Gasteiger partial charge < -0.3 is 9.64 Å². The molecule has 0 amide bonds. The summed E-state index contributed by atoms with van der Waals surface area (Å²) in [7, 11) is 0. The fraction of sp³-hybridized carbons (Fsp3) is 0.250. The molecule has 92 valence electrons. The third-order valence-corrected chi connectivity index (χ3v) is 3.34. The van der Waals surface area contributed by atoms with Crippen molar-refractivity contribution in [2.45, 2.75) is 13.0 Å². The summed E-state index contributed by atoms with van der Waals surface area (Å²) in [5, 5.41) is 0. The van der Waals surface area contributed by atoms with Crippen LogP contribution in [0.15, 0.2) is 54.6 Å². The van der Waals surface area contributed by atoms with Gasteiger partial charge in [-0.05, 0) is 23.6 Å². The maximum Gasteiger partial charge on any atom is 0.119 e. The Labute approximate surface area is 108 Å². The minimum Gasteiger partial charge on any atom is -0.356 e. The van der Waals surface area contributed by atoms with E-state index in [1.54, 1.807) is 0 Å². The van der Waals surface area contributed by atoms with E-state index in [0.29, 0.717) is 13.3 Å². The number of fused-ring (bicyclic) bond motifs is 1. The number of hydrogen-bond donors (Lipinski definition) is 0. The predicted molar refractivity (Wildman–Crippen MR) is 73.6 cm³/mol. The lowest BCUT2D eigenvalue weighted by atomic mass is 10.2. The predicted octanol–water partition coefficient (Wildman–Crippen LogP) is 3.22. The van der Waals surface area contributed by atoms with Crippen LogP contribution in [0.2, 0.25) is 0 Å². The summed E-state index contributed by atoms with van der Waals surface area (Å²) in [6, 6.07) is 18.9. The molecule has 2 nitrogen and oxygen atoms in total. The Hall–Kier alpha value is -1.80. The summed E-state index contributed by atoms with van der Waals surface area (Å²) in [4.78, 5) is 2.30. The molecule has 2 heteroatoms. The topological polar surface area (TPSA) is 12.5 Å². The van der Waals surface area contributed by atoms with E-state index in [4.69, 9.17) is 4.74 Å². The maximum atomic E-state index is 5.79. The van der Waals surface area contributed by atoms with Gasteiger partial charge in [0.2, 0.25) is 0 Å². The number of rotatable bonds is 4. The van der Waals surface area contributed by atoms with Crippen molar-refractivity contribution in [3.8, 4) is 0 Å². The summed E-state index contributed by atoms with van der Waals surface area (Å²) < 4.78 is 5.79. The smallest absolute Gasteiger partial charge is 0.119 e. The van der Waals surface area contributed by atoms with Crippen LogP contribution in [0.25, 0.3) is 0 Å². The average Bonchev–Trinajstić information content (AvgIpc) is 2.84. The lowest BCUT2D eigenvalue weighted by Gasteiger charge is -2.19. The Morgan fingerprint density at radius 3 is 2.61 bits per heavy atom. The van der Waals surface area contributed by atoms with Crippen molar-refractivity contribution in [3.63, 3.8) is 0 Å². The molecule has 2 aromatic carbocycles. The quantitative estimate of drug-likeness (QED) is 0.812. The molecule has 0 spiro atoms. The zero-order chi connectivity index (χ0) is 12.2. The van der Waals surface area contributed by atoms with Gasteiger partial charge in [0.1, 0.15) is 6.73 Å². The monoisotopic (exact) mass is 239 g/mol. The highest BCUT2D eigenvalue weighted by Gasteiger charge is 2.17. The van der Waals surface area contributed by atoms with Crippen molar-refractivity contribution < 1.29 is 4.74 Å². The van der Waals surface area contributed by atoms with Crippen LogP contribution in [-0.4, -0.2) is 13.3 Å². The number of ether oxygens (including phenoxy) is 1. The van der Waals surface area contributed by atoms with E-state index < -0.39 is 0 Å². The highest BCUT2D eigenvalue weighted by atomic mass is 16.5. The molecule has 0 aliphatic carbocycles. The molecule has 0 bridgehead atoms. The molecule has 0 N–H and O–H groups in total. The second-order valence-electron chi connectivity index (χ2n) is 4.61. The lowest BCUT2D eigenvalue weighted by Crippen LogP contribution is -2.23. The molecule has 0 atom stereocenters. The van der Waals surface area contributed by atoms with Crippen molar-refractivity contribution in [2.24, 2.45) is 0 Å². The Morgan fingerprint density at radius 1 is 0.944 bits per heavy atom. The fourth-order valence-corrected chi connectivity index (χ4v) is 2.39. The molecule has 2 aromatic rings. The summed E-state index contributed by atoms with van der Waals surface area (Å²) in [5.74, 6) is 0. The number of benzene rings is 2. The average molecular weight is 239 g/mol. The van der Waals surface area contributed by atoms with E-state index in [1.807, 2.05) is 18.2 Å². The van der Waals surface area contributed by atoms with Crippen molar-refractivity contribution >= 4 is 5.69 Å². The third-order valence-electron chi connectivity index (χ3n) is 3.34. The first-order chi connectivity index (χ1) is 8.93. The molecular formula is C16H17NO. The second-order valence-corrected chi connectivity index (χ2v) is 4.61. The summed E-state index contributed by atoms with van der Waals surface area (Å²) in [5.41, 5.74) is 3.98. The highest BCUT2D eigenvalue weighted by Crippen LogP contribution is 2.26. The Bertz CT molecular complexity index is 510. The first kappa shape index (κ1) is 11.3. The van der Waals surface area contributed by atoms with Gasteiger partial charge in [0.05, 0.1) is 6.61 Å². The minimum atomic E-state index is 0.673. The van der Waals surface area contributed by atoms with Gasteiger partial charge in [-0.15, -0.1) is 0 Å². The summed E-state index contributed by atoms with van der Waals surface area (Å²) in [6.45, 7) is 2.42. The first-order valence-electron chi connectivity index (χ1n) is 6.38. The van der Waals surface area contributed by atoms with Crippen molar-refractivity contribution in [1.82, 2.24) is 0 Å². The fourth-order valence-electron chi connectivity index (χ4n) is 2.39. The van der Waals surface area contributed by atoms with E-state index in [2.05, 4.69) is 41.3 Å². The second kappa shape index (κ2) is 5.23. The highest BCUT2D eigenvalue weighted by molar-refractivity contribution is 5.57. The van der Waals surface area contributed by atoms with Gasteiger partial charge in [0.15, 0.2) is 0 Å². The molecule has 1 aliphatic rings. The van der Waals surface area contributed by atoms with Gasteiger partial charge in [-0.25, -0.2) is 0 Å². The van der Waals surface area contributed by atoms with E-state index in [1.165, 1.54) is 16.8 Å². The molecule has 1 aliphatic heterocycles. The Kier molecular flexibility index (Phi) is 3.29. The zero-order valence-corrected chi connectivity index (χ0v) is 10.4. The lowest BCUT2D eigenvalue weighted by molar-refractivity contribution is 0.122. The van der Waals surface area contributed by atoms with Gasteiger partial charge >= 0.3 is 0 Å². The molecule has 3 rings (SSSR count). The number of para-hydroxylation sites is 1. The SMILES string of the molecule is c1ccc(COCN2CCc3ccccc32)cc1. The molecule has 0 radical (unpaired) electrons. The molecule has 0 fully saturated rings. The van der Waals surface area contributed by atoms with Crippen LogP contribution < -0.4 is 4.90 Å². The van der Waals surface area contributed by atoms with Crippen molar-refractivity contribution in [3.05, 3.63) is 65.7 Å². The van der Waals surface area contributed by atoms with Crippen LogP contribution in [0, 0.1) is 0 Å². The number of nitrogens with zero attached hydrogens (tertiary/aromatic N) is 1. The molecule has 18 heavy (non-hydrogen) atoms. The van der Waals surface area contributed by atoms with Gasteiger partial charge in [-0.2, -0.15) is 0 Å². The third kappa shape index (κ3) is 2.39. The largest absolute Gasteiger partial charge is 0.356 e. The molecular weight excluding hydrogens is 222 g/mol. The van der Waals surface area contributed by atoms with Gasteiger partial charge in [-0.3, -0.25) is 0 Å². The Balaban J connectivity index is 1.56. The van der Waals surface area contributed by atoms with Crippen molar-refractivity contribution in [1.29, 1.82) is 0 Å². The van der Waals surface area contributed by atoms with E-state index in [9.17, 15) is 0 Å². The molecule has 0 saturated heterocycles. The zero-order valence-electron chi connectivity index (χ0n) is 10.4. The van der Waals surface area contributed by atoms with Crippen LogP contribution in [-0.2, 0) is 17.8 Å².